The molecule has 4 rings (SSSR count). The van der Waals surface area contributed by atoms with Crippen molar-refractivity contribution >= 4 is 11.5 Å². The molecule has 3 aromatic heterocycles. The zero-order chi connectivity index (χ0) is 23.8. The van der Waals surface area contributed by atoms with Crippen LogP contribution in [0.15, 0.2) is 48.8 Å². The number of carbonyl (C=O) groups is 1. The molecule has 0 aromatic carbocycles. The fraction of sp³-hybridized carbons (Fsp3) is 0.360. The van der Waals surface area contributed by atoms with E-state index in [0.29, 0.717) is 24.2 Å². The third-order valence-electron chi connectivity index (χ3n) is 6.72. The molecule has 3 aromatic rings. The fourth-order valence-corrected chi connectivity index (χ4v) is 4.48. The summed E-state index contributed by atoms with van der Waals surface area (Å²) in [5, 5.41) is 21.0. The zero-order valence-electron chi connectivity index (χ0n) is 18.6. The van der Waals surface area contributed by atoms with Gasteiger partial charge in [-0.3, -0.25) is 9.78 Å². The third kappa shape index (κ3) is 4.62. The van der Waals surface area contributed by atoms with Crippen LogP contribution in [-0.4, -0.2) is 42.7 Å². The Kier molecular flexibility index (Phi) is 6.23. The molecule has 0 aliphatic heterocycles. The number of aromatic nitrogens is 3. The van der Waals surface area contributed by atoms with Crippen molar-refractivity contribution in [2.75, 3.05) is 5.73 Å². The number of hydrogen-bond acceptors (Lipinski definition) is 7. The van der Waals surface area contributed by atoms with E-state index in [1.165, 1.54) is 12.1 Å². The van der Waals surface area contributed by atoms with Crippen LogP contribution in [0.1, 0.15) is 54.2 Å². The van der Waals surface area contributed by atoms with E-state index in [2.05, 4.69) is 15.0 Å². The Labute approximate surface area is 191 Å². The second-order valence-electron chi connectivity index (χ2n) is 8.97. The van der Waals surface area contributed by atoms with E-state index in [9.17, 15) is 19.4 Å². The Balaban J connectivity index is 1.61. The predicted octanol–water partition coefficient (Wildman–Crippen LogP) is 3.31. The van der Waals surface area contributed by atoms with Gasteiger partial charge in [-0.05, 0) is 73.1 Å². The molecule has 0 unspecified atom stereocenters. The normalized spacial score (nSPS) is 25.1. The first kappa shape index (κ1) is 22.9. The fourth-order valence-electron chi connectivity index (χ4n) is 4.48. The number of pyridine rings is 3. The Hall–Kier alpha value is -3.23. The summed E-state index contributed by atoms with van der Waals surface area (Å²) >= 11 is 0. The van der Waals surface area contributed by atoms with Gasteiger partial charge in [0.25, 0.3) is 0 Å². The van der Waals surface area contributed by atoms with E-state index in [1.54, 1.807) is 37.5 Å². The summed E-state index contributed by atoms with van der Waals surface area (Å²) in [5.41, 5.74) is 7.52. The highest BCUT2D eigenvalue weighted by atomic mass is 19.1. The number of ketones is 1. The summed E-state index contributed by atoms with van der Waals surface area (Å²) in [5.74, 6) is -1.07. The quantitative estimate of drug-likeness (QED) is 0.403. The van der Waals surface area contributed by atoms with Crippen molar-refractivity contribution in [3.63, 3.8) is 0 Å². The molecule has 4 atom stereocenters. The van der Waals surface area contributed by atoms with Crippen molar-refractivity contribution in [3.05, 3.63) is 71.6 Å². The minimum atomic E-state index is -1.15. The lowest BCUT2D eigenvalue weighted by Crippen LogP contribution is -2.49. The number of aliphatic hydroxyl groups is 2. The SMILES string of the molecule is C[C@H]1C[C@@H](c2ccncc2CC(=O)c2nc(-c3cccc(F)n3)ccc2N)C[C@@H](O)[C@]1(C)O. The molecular weight excluding hydrogens is 423 g/mol. The largest absolute Gasteiger partial charge is 0.397 e. The van der Waals surface area contributed by atoms with Gasteiger partial charge in [-0.25, -0.2) is 9.97 Å². The topological polar surface area (TPSA) is 122 Å². The molecule has 0 amide bonds. The standard InChI is InChI=1S/C25H27FN4O3/c1-14-10-15(12-22(32)25(14,2)33)17-8-9-28-13-16(17)11-21(31)24-18(27)6-7-20(30-24)19-4-3-5-23(26)29-19/h3-9,13-15,22,32-33H,10-12,27H2,1-2H3/t14-,15+,22+,25+/m0/s1. The number of hydrogen-bond donors (Lipinski definition) is 3. The summed E-state index contributed by atoms with van der Waals surface area (Å²) < 4.78 is 13.5. The van der Waals surface area contributed by atoms with Crippen LogP contribution in [0.4, 0.5) is 10.1 Å². The molecule has 0 bridgehead atoms. The van der Waals surface area contributed by atoms with Crippen LogP contribution < -0.4 is 5.73 Å². The molecular formula is C25H27FN4O3. The maximum atomic E-state index is 13.5. The zero-order valence-corrected chi connectivity index (χ0v) is 18.6. The average molecular weight is 451 g/mol. The van der Waals surface area contributed by atoms with E-state index in [4.69, 9.17) is 5.73 Å². The van der Waals surface area contributed by atoms with Gasteiger partial charge in [-0.2, -0.15) is 4.39 Å². The van der Waals surface area contributed by atoms with E-state index < -0.39 is 17.7 Å². The third-order valence-corrected chi connectivity index (χ3v) is 6.72. The minimum absolute atomic E-state index is 0.0193. The number of Topliss-reactive ketones (excluding diaryl/α,β-unsaturated/α-hetero) is 1. The molecule has 7 nitrogen and oxygen atoms in total. The van der Waals surface area contributed by atoms with Gasteiger partial charge in [0.2, 0.25) is 5.95 Å². The second kappa shape index (κ2) is 8.96. The number of nitrogens with two attached hydrogens (primary N) is 1. The first-order valence-corrected chi connectivity index (χ1v) is 10.9. The Morgan fingerprint density at radius 1 is 1.18 bits per heavy atom. The number of halogens is 1. The first-order valence-electron chi connectivity index (χ1n) is 10.9. The van der Waals surface area contributed by atoms with Crippen molar-refractivity contribution in [2.45, 2.75) is 50.7 Å². The van der Waals surface area contributed by atoms with Gasteiger partial charge in [0, 0.05) is 18.8 Å². The smallest absolute Gasteiger partial charge is 0.213 e. The summed E-state index contributed by atoms with van der Waals surface area (Å²) in [6.07, 6.45) is 3.54. The Morgan fingerprint density at radius 2 is 1.94 bits per heavy atom. The molecule has 0 saturated heterocycles. The summed E-state index contributed by atoms with van der Waals surface area (Å²) in [6, 6.07) is 9.39. The molecule has 8 heteroatoms. The maximum absolute atomic E-state index is 13.5. The summed E-state index contributed by atoms with van der Waals surface area (Å²) in [4.78, 5) is 25.6. The number of nitrogen functional groups attached to an aromatic ring is 1. The number of carbonyl (C=O) groups excluding carboxylic acids is 1. The van der Waals surface area contributed by atoms with E-state index in [1.807, 2.05) is 13.0 Å². The molecule has 0 radical (unpaired) electrons. The number of nitrogens with zero attached hydrogens (tertiary/aromatic N) is 3. The number of aliphatic hydroxyl groups excluding tert-OH is 1. The minimum Gasteiger partial charge on any atom is -0.397 e. The molecule has 1 fully saturated rings. The van der Waals surface area contributed by atoms with Crippen molar-refractivity contribution in [3.8, 4) is 11.4 Å². The van der Waals surface area contributed by atoms with Gasteiger partial charge >= 0.3 is 0 Å². The first-order chi connectivity index (χ1) is 15.7. The van der Waals surface area contributed by atoms with Crippen molar-refractivity contribution in [2.24, 2.45) is 5.92 Å². The molecule has 33 heavy (non-hydrogen) atoms. The molecule has 4 N–H and O–H groups in total. The van der Waals surface area contributed by atoms with E-state index >= 15 is 0 Å². The van der Waals surface area contributed by atoms with Gasteiger partial charge in [-0.15, -0.1) is 0 Å². The number of anilines is 1. The molecule has 3 heterocycles. The van der Waals surface area contributed by atoms with Crippen LogP contribution in [0.3, 0.4) is 0 Å². The average Bonchev–Trinajstić information content (AvgIpc) is 2.78. The van der Waals surface area contributed by atoms with E-state index in [0.717, 1.165) is 11.1 Å². The van der Waals surface area contributed by atoms with Crippen molar-refractivity contribution in [1.29, 1.82) is 0 Å². The van der Waals surface area contributed by atoms with Gasteiger partial charge in [0.05, 0.1) is 28.8 Å². The van der Waals surface area contributed by atoms with Gasteiger partial charge in [0.1, 0.15) is 5.69 Å². The second-order valence-corrected chi connectivity index (χ2v) is 8.97. The van der Waals surface area contributed by atoms with Gasteiger partial charge < -0.3 is 15.9 Å². The van der Waals surface area contributed by atoms with Gasteiger partial charge in [0.15, 0.2) is 5.78 Å². The molecule has 1 saturated carbocycles. The van der Waals surface area contributed by atoms with Crippen LogP contribution in [0.25, 0.3) is 11.4 Å². The molecule has 1 aliphatic carbocycles. The predicted molar refractivity (Wildman–Crippen MR) is 122 cm³/mol. The molecule has 172 valence electrons. The lowest BCUT2D eigenvalue weighted by Gasteiger charge is -2.43. The molecule has 0 spiro atoms. The van der Waals surface area contributed by atoms with Crippen LogP contribution in [0.2, 0.25) is 0 Å². The Morgan fingerprint density at radius 3 is 2.67 bits per heavy atom. The van der Waals surface area contributed by atoms with Crippen molar-refractivity contribution in [1.82, 2.24) is 15.0 Å². The van der Waals surface area contributed by atoms with Gasteiger partial charge in [-0.1, -0.05) is 13.0 Å². The van der Waals surface area contributed by atoms with Crippen LogP contribution >= 0.6 is 0 Å². The van der Waals surface area contributed by atoms with Crippen LogP contribution in [0, 0.1) is 11.9 Å². The lowest BCUT2D eigenvalue weighted by molar-refractivity contribution is -0.123. The summed E-state index contributed by atoms with van der Waals surface area (Å²) in [7, 11) is 0. The van der Waals surface area contributed by atoms with Crippen LogP contribution in [0.5, 0.6) is 0 Å². The highest BCUT2D eigenvalue weighted by molar-refractivity contribution is 6.00. The highest BCUT2D eigenvalue weighted by Crippen LogP contribution is 2.42. The Bertz CT molecular complexity index is 1170. The molecule has 1 aliphatic rings. The van der Waals surface area contributed by atoms with E-state index in [-0.39, 0.29) is 35.4 Å². The van der Waals surface area contributed by atoms with Crippen LogP contribution in [-0.2, 0) is 6.42 Å². The monoisotopic (exact) mass is 450 g/mol. The maximum Gasteiger partial charge on any atom is 0.213 e. The summed E-state index contributed by atoms with van der Waals surface area (Å²) in [6.45, 7) is 3.57. The lowest BCUT2D eigenvalue weighted by atomic mass is 9.68. The van der Waals surface area contributed by atoms with Crippen molar-refractivity contribution < 1.29 is 19.4 Å². The highest BCUT2D eigenvalue weighted by Gasteiger charge is 2.43. The number of rotatable bonds is 5.